The van der Waals surface area contributed by atoms with E-state index < -0.39 is 0 Å². The number of benzene rings is 1. The number of nitrogens with one attached hydrogen (secondary N) is 1. The number of aliphatic hydroxyl groups is 1. The van der Waals surface area contributed by atoms with Crippen molar-refractivity contribution in [3.05, 3.63) is 35.9 Å². The summed E-state index contributed by atoms with van der Waals surface area (Å²) in [7, 11) is 0. The van der Waals surface area contributed by atoms with E-state index in [0.717, 1.165) is 19.4 Å². The summed E-state index contributed by atoms with van der Waals surface area (Å²) in [4.78, 5) is 0. The lowest BCUT2D eigenvalue weighted by Gasteiger charge is -2.16. The fourth-order valence-electron chi connectivity index (χ4n) is 1.60. The minimum Gasteiger partial charge on any atom is -0.396 e. The van der Waals surface area contributed by atoms with E-state index in [9.17, 15) is 0 Å². The van der Waals surface area contributed by atoms with E-state index in [1.165, 1.54) is 5.56 Å². The molecule has 0 aliphatic carbocycles. The number of rotatable bonds is 7. The molecule has 2 unspecified atom stereocenters. The maximum atomic E-state index is 8.92. The van der Waals surface area contributed by atoms with Gasteiger partial charge in [0.15, 0.2) is 0 Å². The molecule has 2 heteroatoms. The molecule has 1 aromatic carbocycles. The summed E-state index contributed by atoms with van der Waals surface area (Å²) in [6.07, 6.45) is 2.25. The molecule has 16 heavy (non-hydrogen) atoms. The zero-order valence-corrected chi connectivity index (χ0v) is 10.3. The van der Waals surface area contributed by atoms with Crippen molar-refractivity contribution in [3.8, 4) is 0 Å². The fraction of sp³-hybridized carbons (Fsp3) is 0.571. The summed E-state index contributed by atoms with van der Waals surface area (Å²) in [5.41, 5.74) is 1.39. The lowest BCUT2D eigenvalue weighted by molar-refractivity contribution is 0.230. The smallest absolute Gasteiger partial charge is 0.0468 e. The third kappa shape index (κ3) is 5.29. The van der Waals surface area contributed by atoms with Crippen molar-refractivity contribution in [2.75, 3.05) is 13.2 Å². The van der Waals surface area contributed by atoms with Gasteiger partial charge in [-0.25, -0.2) is 0 Å². The highest BCUT2D eigenvalue weighted by atomic mass is 16.3. The molecule has 0 spiro atoms. The minimum atomic E-state index is 0.262. The number of hydrogen-bond donors (Lipinski definition) is 2. The Morgan fingerprint density at radius 2 is 1.88 bits per heavy atom. The Labute approximate surface area is 98.7 Å². The molecule has 1 rings (SSSR count). The third-order valence-electron chi connectivity index (χ3n) is 2.84. The van der Waals surface area contributed by atoms with Crippen LogP contribution >= 0.6 is 0 Å². The van der Waals surface area contributed by atoms with E-state index in [2.05, 4.69) is 43.4 Å². The first kappa shape index (κ1) is 13.2. The van der Waals surface area contributed by atoms with E-state index in [1.54, 1.807) is 0 Å². The monoisotopic (exact) mass is 221 g/mol. The topological polar surface area (TPSA) is 32.3 Å². The average Bonchev–Trinajstić information content (AvgIpc) is 2.34. The SMILES string of the molecule is CC(CO)CNC(C)CCc1ccccc1. The molecule has 0 saturated heterocycles. The molecule has 1 aromatic rings. The van der Waals surface area contributed by atoms with Gasteiger partial charge in [0, 0.05) is 19.2 Å². The average molecular weight is 221 g/mol. The van der Waals surface area contributed by atoms with Crippen molar-refractivity contribution in [3.63, 3.8) is 0 Å². The van der Waals surface area contributed by atoms with Crippen LogP contribution in [-0.2, 0) is 6.42 Å². The van der Waals surface area contributed by atoms with Gasteiger partial charge in [-0.2, -0.15) is 0 Å². The second-order valence-corrected chi connectivity index (χ2v) is 4.62. The summed E-state index contributed by atoms with van der Waals surface area (Å²) in [5, 5.41) is 12.4. The lowest BCUT2D eigenvalue weighted by Crippen LogP contribution is -2.31. The molecule has 2 nitrogen and oxygen atoms in total. The van der Waals surface area contributed by atoms with Crippen LogP contribution in [0.3, 0.4) is 0 Å². The Hall–Kier alpha value is -0.860. The van der Waals surface area contributed by atoms with Crippen LogP contribution in [0.2, 0.25) is 0 Å². The second kappa shape index (κ2) is 7.42. The Morgan fingerprint density at radius 1 is 1.19 bits per heavy atom. The largest absolute Gasteiger partial charge is 0.396 e. The predicted molar refractivity (Wildman–Crippen MR) is 68.5 cm³/mol. The molecule has 0 amide bonds. The summed E-state index contributed by atoms with van der Waals surface area (Å²) in [5.74, 6) is 0.346. The van der Waals surface area contributed by atoms with Crippen molar-refractivity contribution in [1.29, 1.82) is 0 Å². The van der Waals surface area contributed by atoms with Gasteiger partial charge < -0.3 is 10.4 Å². The standard InChI is InChI=1S/C14H23NO/c1-12(11-16)10-15-13(2)8-9-14-6-4-3-5-7-14/h3-7,12-13,15-16H,8-11H2,1-2H3. The van der Waals surface area contributed by atoms with Crippen molar-refractivity contribution in [1.82, 2.24) is 5.32 Å². The van der Waals surface area contributed by atoms with Crippen molar-refractivity contribution < 1.29 is 5.11 Å². The van der Waals surface area contributed by atoms with Gasteiger partial charge >= 0.3 is 0 Å². The first-order valence-electron chi connectivity index (χ1n) is 6.10. The molecule has 0 aliphatic rings. The Bertz CT molecular complexity index is 273. The molecule has 0 aliphatic heterocycles. The normalized spacial score (nSPS) is 14.7. The first-order chi connectivity index (χ1) is 7.72. The van der Waals surface area contributed by atoms with E-state index in [4.69, 9.17) is 5.11 Å². The van der Waals surface area contributed by atoms with Gasteiger partial charge in [-0.3, -0.25) is 0 Å². The molecular weight excluding hydrogens is 198 g/mol. The van der Waals surface area contributed by atoms with Crippen LogP contribution in [0.15, 0.2) is 30.3 Å². The number of hydrogen-bond acceptors (Lipinski definition) is 2. The van der Waals surface area contributed by atoms with Crippen LogP contribution in [0, 0.1) is 5.92 Å². The molecule has 2 N–H and O–H groups in total. The van der Waals surface area contributed by atoms with Gasteiger partial charge in [0.2, 0.25) is 0 Å². The highest BCUT2D eigenvalue weighted by molar-refractivity contribution is 5.14. The van der Waals surface area contributed by atoms with Gasteiger partial charge in [-0.15, -0.1) is 0 Å². The highest BCUT2D eigenvalue weighted by Crippen LogP contribution is 2.05. The van der Waals surface area contributed by atoms with Gasteiger partial charge in [0.25, 0.3) is 0 Å². The van der Waals surface area contributed by atoms with E-state index >= 15 is 0 Å². The van der Waals surface area contributed by atoms with Gasteiger partial charge in [-0.05, 0) is 31.2 Å². The molecule has 2 atom stereocenters. The maximum absolute atomic E-state index is 8.92. The maximum Gasteiger partial charge on any atom is 0.0468 e. The molecular formula is C14H23NO. The highest BCUT2D eigenvalue weighted by Gasteiger charge is 2.04. The molecule has 0 aromatic heterocycles. The van der Waals surface area contributed by atoms with Crippen LogP contribution in [0.25, 0.3) is 0 Å². The zero-order valence-electron chi connectivity index (χ0n) is 10.3. The quantitative estimate of drug-likeness (QED) is 0.740. The first-order valence-corrected chi connectivity index (χ1v) is 6.10. The van der Waals surface area contributed by atoms with E-state index in [0.29, 0.717) is 12.0 Å². The van der Waals surface area contributed by atoms with Crippen LogP contribution in [0.5, 0.6) is 0 Å². The Balaban J connectivity index is 2.18. The van der Waals surface area contributed by atoms with Crippen molar-refractivity contribution in [2.45, 2.75) is 32.7 Å². The zero-order chi connectivity index (χ0) is 11.8. The number of aliphatic hydroxyl groups excluding tert-OH is 1. The molecule has 90 valence electrons. The molecule has 0 saturated carbocycles. The van der Waals surface area contributed by atoms with Crippen molar-refractivity contribution >= 4 is 0 Å². The Morgan fingerprint density at radius 3 is 2.50 bits per heavy atom. The molecule has 0 fully saturated rings. The second-order valence-electron chi connectivity index (χ2n) is 4.62. The molecule has 0 bridgehead atoms. The third-order valence-corrected chi connectivity index (χ3v) is 2.84. The van der Waals surface area contributed by atoms with Gasteiger partial charge in [0.1, 0.15) is 0 Å². The van der Waals surface area contributed by atoms with Crippen LogP contribution in [0.1, 0.15) is 25.8 Å². The minimum absolute atomic E-state index is 0.262. The van der Waals surface area contributed by atoms with Crippen LogP contribution < -0.4 is 5.32 Å². The summed E-state index contributed by atoms with van der Waals surface area (Å²) in [6.45, 7) is 5.41. The molecule has 0 radical (unpaired) electrons. The number of aryl methyl sites for hydroxylation is 1. The van der Waals surface area contributed by atoms with Crippen LogP contribution in [-0.4, -0.2) is 24.3 Å². The summed E-state index contributed by atoms with van der Waals surface area (Å²) >= 11 is 0. The van der Waals surface area contributed by atoms with E-state index in [1.807, 2.05) is 6.07 Å². The summed E-state index contributed by atoms with van der Waals surface area (Å²) < 4.78 is 0. The van der Waals surface area contributed by atoms with Crippen LogP contribution in [0.4, 0.5) is 0 Å². The Kier molecular flexibility index (Phi) is 6.12. The lowest BCUT2D eigenvalue weighted by atomic mass is 10.1. The fourth-order valence-corrected chi connectivity index (χ4v) is 1.60. The van der Waals surface area contributed by atoms with Gasteiger partial charge in [0.05, 0.1) is 0 Å². The summed E-state index contributed by atoms with van der Waals surface area (Å²) in [6, 6.07) is 11.1. The van der Waals surface area contributed by atoms with E-state index in [-0.39, 0.29) is 6.61 Å². The molecule has 0 heterocycles. The predicted octanol–water partition coefficient (Wildman–Crippen LogP) is 2.23. The van der Waals surface area contributed by atoms with Crippen molar-refractivity contribution in [2.24, 2.45) is 5.92 Å². The van der Waals surface area contributed by atoms with Gasteiger partial charge in [-0.1, -0.05) is 37.3 Å².